The van der Waals surface area contributed by atoms with Gasteiger partial charge in [-0.2, -0.15) is 4.31 Å². The predicted octanol–water partition coefficient (Wildman–Crippen LogP) is 3.88. The average Bonchev–Trinajstić information content (AvgIpc) is 3.13. The van der Waals surface area contributed by atoms with Crippen molar-refractivity contribution in [2.75, 3.05) is 24.5 Å². The molecule has 0 radical (unpaired) electrons. The highest BCUT2D eigenvalue weighted by molar-refractivity contribution is 7.89. The largest absolute Gasteiger partial charge is 0.371 e. The molecule has 2 atom stereocenters. The molecule has 0 aromatic heterocycles. The molecule has 5 heteroatoms. The topological polar surface area (TPSA) is 40.6 Å². The van der Waals surface area contributed by atoms with Crippen LogP contribution < -0.4 is 4.90 Å². The second-order valence-corrected chi connectivity index (χ2v) is 11.3. The molecule has 1 saturated carbocycles. The van der Waals surface area contributed by atoms with Gasteiger partial charge >= 0.3 is 0 Å². The van der Waals surface area contributed by atoms with Gasteiger partial charge in [-0.15, -0.1) is 0 Å². The van der Waals surface area contributed by atoms with Crippen LogP contribution in [0.5, 0.6) is 0 Å². The highest BCUT2D eigenvalue weighted by Crippen LogP contribution is 2.53. The van der Waals surface area contributed by atoms with Gasteiger partial charge in [0.15, 0.2) is 0 Å². The first-order valence-electron chi connectivity index (χ1n) is 9.56. The number of rotatable bonds is 3. The van der Waals surface area contributed by atoms with Crippen molar-refractivity contribution < 1.29 is 8.42 Å². The molecular weight excluding hydrogens is 332 g/mol. The number of hydrogen-bond donors (Lipinski definition) is 0. The number of hydrogen-bond acceptors (Lipinski definition) is 3. The lowest BCUT2D eigenvalue weighted by Gasteiger charge is -2.39. The summed E-state index contributed by atoms with van der Waals surface area (Å²) in [7, 11) is -3.43. The molecule has 2 bridgehead atoms. The van der Waals surface area contributed by atoms with Crippen molar-refractivity contribution in [3.8, 4) is 0 Å². The fourth-order valence-corrected chi connectivity index (χ4v) is 7.45. The Labute approximate surface area is 152 Å². The fraction of sp³-hybridized carbons (Fsp3) is 0.700. The lowest BCUT2D eigenvalue weighted by atomic mass is 9.65. The van der Waals surface area contributed by atoms with E-state index in [4.69, 9.17) is 0 Å². The van der Waals surface area contributed by atoms with E-state index in [1.807, 2.05) is 22.5 Å². The summed E-state index contributed by atoms with van der Waals surface area (Å²) in [5.41, 5.74) is 1.39. The smallest absolute Gasteiger partial charge is 0.243 e. The second kappa shape index (κ2) is 5.71. The minimum atomic E-state index is -3.43. The maximum atomic E-state index is 13.4. The zero-order valence-electron chi connectivity index (χ0n) is 15.7. The minimum absolute atomic E-state index is 0.117. The van der Waals surface area contributed by atoms with Crippen molar-refractivity contribution in [1.29, 1.82) is 0 Å². The maximum Gasteiger partial charge on any atom is 0.243 e. The molecule has 138 valence electrons. The molecule has 2 saturated heterocycles. The summed E-state index contributed by atoms with van der Waals surface area (Å²) >= 11 is 0. The summed E-state index contributed by atoms with van der Waals surface area (Å²) in [6.07, 6.45) is 5.46. The Kier molecular flexibility index (Phi) is 3.97. The maximum absolute atomic E-state index is 13.4. The molecule has 3 aliphatic rings. The molecule has 1 aromatic rings. The Morgan fingerprint density at radius 3 is 2.52 bits per heavy atom. The predicted molar refractivity (Wildman–Crippen MR) is 101 cm³/mol. The monoisotopic (exact) mass is 362 g/mol. The summed E-state index contributed by atoms with van der Waals surface area (Å²) in [6, 6.07) is 7.74. The van der Waals surface area contributed by atoms with Gasteiger partial charge in [-0.3, -0.25) is 0 Å². The minimum Gasteiger partial charge on any atom is -0.371 e. The molecule has 2 aliphatic heterocycles. The zero-order chi connectivity index (χ0) is 17.9. The summed E-state index contributed by atoms with van der Waals surface area (Å²) in [5.74, 6) is 0. The lowest BCUT2D eigenvalue weighted by Crippen LogP contribution is -2.37. The van der Waals surface area contributed by atoms with Crippen LogP contribution in [0.4, 0.5) is 5.69 Å². The molecule has 4 rings (SSSR count). The van der Waals surface area contributed by atoms with E-state index in [1.165, 1.54) is 12.8 Å². The summed E-state index contributed by atoms with van der Waals surface area (Å²) in [6.45, 7) is 9.54. The number of nitrogens with zero attached hydrogens (tertiary/aromatic N) is 2. The number of sulfonamides is 1. The molecule has 25 heavy (non-hydrogen) atoms. The van der Waals surface area contributed by atoms with Crippen molar-refractivity contribution in [2.45, 2.75) is 63.8 Å². The van der Waals surface area contributed by atoms with Crippen molar-refractivity contribution in [3.05, 3.63) is 24.3 Å². The SMILES string of the molecule is CC1(C)CC2CC(C)(CN2S(=O)(=O)c2cccc(N3CCCC3)c2)C1. The molecule has 0 N–H and O–H groups in total. The van der Waals surface area contributed by atoms with Gasteiger partial charge in [-0.05, 0) is 61.1 Å². The van der Waals surface area contributed by atoms with Crippen molar-refractivity contribution in [2.24, 2.45) is 10.8 Å². The van der Waals surface area contributed by atoms with E-state index < -0.39 is 10.0 Å². The molecule has 2 heterocycles. The first kappa shape index (κ1) is 17.3. The van der Waals surface area contributed by atoms with E-state index in [1.54, 1.807) is 6.07 Å². The van der Waals surface area contributed by atoms with Crippen LogP contribution in [0.1, 0.15) is 52.9 Å². The zero-order valence-corrected chi connectivity index (χ0v) is 16.5. The number of anilines is 1. The Morgan fingerprint density at radius 1 is 1.08 bits per heavy atom. The first-order chi connectivity index (χ1) is 11.7. The van der Waals surface area contributed by atoms with E-state index in [0.29, 0.717) is 11.4 Å². The normalized spacial score (nSPS) is 32.3. The molecule has 0 amide bonds. The molecule has 3 fully saturated rings. The first-order valence-corrected chi connectivity index (χ1v) is 11.0. The van der Waals surface area contributed by atoms with Gasteiger partial charge in [0.1, 0.15) is 0 Å². The molecule has 1 aromatic carbocycles. The van der Waals surface area contributed by atoms with Crippen LogP contribution in [0.2, 0.25) is 0 Å². The van der Waals surface area contributed by atoms with Gasteiger partial charge in [0, 0.05) is 31.4 Å². The number of benzene rings is 1. The van der Waals surface area contributed by atoms with Crippen LogP contribution in [-0.4, -0.2) is 38.4 Å². The van der Waals surface area contributed by atoms with E-state index in [0.717, 1.165) is 38.0 Å². The third kappa shape index (κ3) is 3.10. The van der Waals surface area contributed by atoms with Crippen LogP contribution in [-0.2, 0) is 10.0 Å². The molecule has 4 nitrogen and oxygen atoms in total. The third-order valence-corrected chi connectivity index (χ3v) is 8.16. The van der Waals surface area contributed by atoms with Crippen LogP contribution >= 0.6 is 0 Å². The highest BCUT2D eigenvalue weighted by Gasteiger charge is 2.53. The van der Waals surface area contributed by atoms with Crippen LogP contribution in [0, 0.1) is 10.8 Å². The van der Waals surface area contributed by atoms with Gasteiger partial charge < -0.3 is 4.90 Å². The molecule has 1 aliphatic carbocycles. The van der Waals surface area contributed by atoms with E-state index >= 15 is 0 Å². The van der Waals surface area contributed by atoms with Gasteiger partial charge in [0.2, 0.25) is 10.0 Å². The number of fused-ring (bicyclic) bond motifs is 2. The standard InChI is InChI=1S/C20H30N2O2S/c1-19(2)12-17-13-20(3,14-19)15-22(17)25(23,24)18-8-6-7-16(11-18)21-9-4-5-10-21/h6-8,11,17H,4-5,9-10,12-15H2,1-3H3. The highest BCUT2D eigenvalue weighted by atomic mass is 32.2. The van der Waals surface area contributed by atoms with Crippen molar-refractivity contribution >= 4 is 15.7 Å². The van der Waals surface area contributed by atoms with E-state index in [2.05, 4.69) is 25.7 Å². The second-order valence-electron chi connectivity index (χ2n) is 9.46. The third-order valence-electron chi connectivity index (χ3n) is 6.26. The van der Waals surface area contributed by atoms with Crippen molar-refractivity contribution in [1.82, 2.24) is 4.31 Å². The van der Waals surface area contributed by atoms with Crippen LogP contribution in [0.3, 0.4) is 0 Å². The quantitative estimate of drug-likeness (QED) is 0.819. The van der Waals surface area contributed by atoms with Gasteiger partial charge in [-0.25, -0.2) is 8.42 Å². The fourth-order valence-electron chi connectivity index (χ4n) is 5.64. The van der Waals surface area contributed by atoms with Crippen LogP contribution in [0.25, 0.3) is 0 Å². The van der Waals surface area contributed by atoms with Gasteiger partial charge in [0.05, 0.1) is 4.90 Å². The Morgan fingerprint density at radius 2 is 1.80 bits per heavy atom. The van der Waals surface area contributed by atoms with Gasteiger partial charge in [0.25, 0.3) is 0 Å². The van der Waals surface area contributed by atoms with E-state index in [9.17, 15) is 8.42 Å². The molecule has 0 spiro atoms. The van der Waals surface area contributed by atoms with E-state index in [-0.39, 0.29) is 16.9 Å². The molecule has 2 unspecified atom stereocenters. The average molecular weight is 363 g/mol. The summed E-state index contributed by atoms with van der Waals surface area (Å²) < 4.78 is 28.6. The Hall–Kier alpha value is -1.07. The summed E-state index contributed by atoms with van der Waals surface area (Å²) in [4.78, 5) is 2.76. The summed E-state index contributed by atoms with van der Waals surface area (Å²) in [5, 5.41) is 0. The van der Waals surface area contributed by atoms with Gasteiger partial charge in [-0.1, -0.05) is 26.8 Å². The lowest BCUT2D eigenvalue weighted by molar-refractivity contribution is 0.133. The van der Waals surface area contributed by atoms with Crippen LogP contribution in [0.15, 0.2) is 29.2 Å². The van der Waals surface area contributed by atoms with Crippen molar-refractivity contribution in [3.63, 3.8) is 0 Å². The Balaban J connectivity index is 1.65. The Bertz CT molecular complexity index is 768. The molecular formula is C20H30N2O2S.